The molecule has 1 saturated carbocycles. The number of hydrogen-bond donors (Lipinski definition) is 0. The number of ether oxygens (including phenoxy) is 1. The van der Waals surface area contributed by atoms with Gasteiger partial charge in [-0.1, -0.05) is 6.07 Å². The minimum absolute atomic E-state index is 0.159. The van der Waals surface area contributed by atoms with Gasteiger partial charge in [-0.2, -0.15) is 0 Å². The third-order valence-electron chi connectivity index (χ3n) is 4.90. The van der Waals surface area contributed by atoms with Crippen LogP contribution in [0.25, 0.3) is 10.9 Å². The highest BCUT2D eigenvalue weighted by molar-refractivity contribution is 6.06. The van der Waals surface area contributed by atoms with E-state index in [4.69, 9.17) is 4.74 Å². The van der Waals surface area contributed by atoms with Gasteiger partial charge >= 0.3 is 0 Å². The molecule has 4 rings (SSSR count). The molecule has 21 heavy (non-hydrogen) atoms. The van der Waals surface area contributed by atoms with Crippen molar-refractivity contribution in [3.63, 3.8) is 0 Å². The molecule has 0 N–H and O–H groups in total. The molecule has 2 heterocycles. The van der Waals surface area contributed by atoms with Crippen LogP contribution in [0.15, 0.2) is 30.5 Å². The van der Waals surface area contributed by atoms with E-state index in [1.165, 1.54) is 0 Å². The van der Waals surface area contributed by atoms with Crippen molar-refractivity contribution in [2.45, 2.75) is 31.4 Å². The Morgan fingerprint density at radius 3 is 3.10 bits per heavy atom. The Kier molecular flexibility index (Phi) is 3.00. The Balaban J connectivity index is 1.73. The second kappa shape index (κ2) is 4.88. The van der Waals surface area contributed by atoms with E-state index in [-0.39, 0.29) is 18.1 Å². The standard InChI is InChI=1S/C17H20N2O2/c1-18-9-8-12-13(4-2-5-14(12)18)17(20)19-10-11-21-16-7-3-6-15(16)19/h2,4-5,8-9,15-16H,3,6-7,10-11H2,1H3/t15-,16-/m0/s1. The zero-order valence-corrected chi connectivity index (χ0v) is 12.3. The molecule has 1 amide bonds. The molecule has 1 aromatic heterocycles. The summed E-state index contributed by atoms with van der Waals surface area (Å²) in [5, 5.41) is 1.05. The molecule has 2 aliphatic rings. The molecule has 1 aliphatic heterocycles. The molecule has 0 spiro atoms. The summed E-state index contributed by atoms with van der Waals surface area (Å²) >= 11 is 0. The van der Waals surface area contributed by atoms with Gasteiger partial charge in [0.05, 0.1) is 18.8 Å². The van der Waals surface area contributed by atoms with Gasteiger partial charge in [0.25, 0.3) is 5.91 Å². The minimum Gasteiger partial charge on any atom is -0.374 e. The Morgan fingerprint density at radius 1 is 1.29 bits per heavy atom. The molecule has 0 unspecified atom stereocenters. The van der Waals surface area contributed by atoms with Gasteiger partial charge in [-0.05, 0) is 37.5 Å². The summed E-state index contributed by atoms with van der Waals surface area (Å²) in [7, 11) is 2.01. The number of fused-ring (bicyclic) bond motifs is 2. The van der Waals surface area contributed by atoms with Crippen molar-refractivity contribution in [3.8, 4) is 0 Å². The van der Waals surface area contributed by atoms with E-state index in [1.54, 1.807) is 0 Å². The van der Waals surface area contributed by atoms with Gasteiger partial charge in [0.2, 0.25) is 0 Å². The quantitative estimate of drug-likeness (QED) is 0.806. The Labute approximate surface area is 124 Å². The van der Waals surface area contributed by atoms with Crippen LogP contribution in [0.5, 0.6) is 0 Å². The van der Waals surface area contributed by atoms with Crippen molar-refractivity contribution >= 4 is 16.8 Å². The van der Waals surface area contributed by atoms with Crippen molar-refractivity contribution < 1.29 is 9.53 Å². The SMILES string of the molecule is Cn1ccc2c(C(=O)N3CCO[C@H]4CCC[C@@H]43)cccc21. The van der Waals surface area contributed by atoms with Crippen molar-refractivity contribution in [1.29, 1.82) is 0 Å². The zero-order valence-electron chi connectivity index (χ0n) is 12.3. The van der Waals surface area contributed by atoms with Gasteiger partial charge in [0.1, 0.15) is 0 Å². The fourth-order valence-corrected chi connectivity index (χ4v) is 3.82. The molecule has 2 fully saturated rings. The number of carbonyl (C=O) groups excluding carboxylic acids is 1. The number of rotatable bonds is 1. The van der Waals surface area contributed by atoms with Crippen LogP contribution in [-0.4, -0.2) is 40.7 Å². The maximum Gasteiger partial charge on any atom is 0.254 e. The van der Waals surface area contributed by atoms with E-state index in [0.29, 0.717) is 13.2 Å². The predicted molar refractivity (Wildman–Crippen MR) is 81.3 cm³/mol. The highest BCUT2D eigenvalue weighted by Crippen LogP contribution is 2.31. The van der Waals surface area contributed by atoms with Gasteiger partial charge in [0, 0.05) is 36.3 Å². The zero-order chi connectivity index (χ0) is 14.4. The lowest BCUT2D eigenvalue weighted by Crippen LogP contribution is -2.51. The predicted octanol–water partition coefficient (Wildman–Crippen LogP) is 2.57. The lowest BCUT2D eigenvalue weighted by atomic mass is 10.1. The number of hydrogen-bond acceptors (Lipinski definition) is 2. The normalized spacial score (nSPS) is 25.3. The molecule has 4 nitrogen and oxygen atoms in total. The minimum atomic E-state index is 0.159. The van der Waals surface area contributed by atoms with E-state index < -0.39 is 0 Å². The molecule has 1 aromatic carbocycles. The summed E-state index contributed by atoms with van der Waals surface area (Å²) in [6, 6.07) is 8.29. The largest absolute Gasteiger partial charge is 0.374 e. The van der Waals surface area contributed by atoms with Crippen LogP contribution in [0.4, 0.5) is 0 Å². The maximum absolute atomic E-state index is 13.0. The van der Waals surface area contributed by atoms with Crippen LogP contribution in [0, 0.1) is 0 Å². The van der Waals surface area contributed by atoms with Crippen LogP contribution in [-0.2, 0) is 11.8 Å². The number of aromatic nitrogens is 1. The van der Waals surface area contributed by atoms with Crippen molar-refractivity contribution in [1.82, 2.24) is 9.47 Å². The van der Waals surface area contributed by atoms with E-state index in [0.717, 1.165) is 35.7 Å². The van der Waals surface area contributed by atoms with Gasteiger partial charge in [-0.15, -0.1) is 0 Å². The smallest absolute Gasteiger partial charge is 0.254 e. The number of carbonyl (C=O) groups is 1. The molecule has 110 valence electrons. The number of morpholine rings is 1. The highest BCUT2D eigenvalue weighted by atomic mass is 16.5. The van der Waals surface area contributed by atoms with Crippen LogP contribution in [0.1, 0.15) is 29.6 Å². The van der Waals surface area contributed by atoms with Crippen molar-refractivity contribution in [3.05, 3.63) is 36.0 Å². The average molecular weight is 284 g/mol. The van der Waals surface area contributed by atoms with Crippen LogP contribution >= 0.6 is 0 Å². The maximum atomic E-state index is 13.0. The number of nitrogens with zero attached hydrogens (tertiary/aromatic N) is 2. The summed E-state index contributed by atoms with van der Waals surface area (Å²) in [5.74, 6) is 0.159. The van der Waals surface area contributed by atoms with Crippen LogP contribution in [0.3, 0.4) is 0 Å². The summed E-state index contributed by atoms with van der Waals surface area (Å²) in [4.78, 5) is 15.1. The van der Waals surface area contributed by atoms with Crippen molar-refractivity contribution in [2.75, 3.05) is 13.2 Å². The van der Waals surface area contributed by atoms with Crippen LogP contribution in [0.2, 0.25) is 0 Å². The number of amides is 1. The molecule has 1 saturated heterocycles. The fraction of sp³-hybridized carbons (Fsp3) is 0.471. The highest BCUT2D eigenvalue weighted by Gasteiger charge is 2.38. The third kappa shape index (κ3) is 1.97. The summed E-state index contributed by atoms with van der Waals surface area (Å²) < 4.78 is 7.87. The number of aryl methyl sites for hydroxylation is 1. The lowest BCUT2D eigenvalue weighted by molar-refractivity contribution is -0.0444. The first-order chi connectivity index (χ1) is 10.3. The summed E-state index contributed by atoms with van der Waals surface area (Å²) in [6.45, 7) is 1.38. The van der Waals surface area contributed by atoms with E-state index in [9.17, 15) is 4.79 Å². The van der Waals surface area contributed by atoms with Gasteiger partial charge < -0.3 is 14.2 Å². The van der Waals surface area contributed by atoms with Crippen LogP contribution < -0.4 is 0 Å². The van der Waals surface area contributed by atoms with Gasteiger partial charge in [-0.25, -0.2) is 0 Å². The molecular formula is C17H20N2O2. The van der Waals surface area contributed by atoms with Gasteiger partial charge in [-0.3, -0.25) is 4.79 Å². The Hall–Kier alpha value is -1.81. The van der Waals surface area contributed by atoms with E-state index in [2.05, 4.69) is 10.6 Å². The summed E-state index contributed by atoms with van der Waals surface area (Å²) in [6.07, 6.45) is 5.58. The van der Waals surface area contributed by atoms with Gasteiger partial charge in [0.15, 0.2) is 0 Å². The Bertz CT molecular complexity index is 691. The third-order valence-corrected chi connectivity index (χ3v) is 4.90. The second-order valence-corrected chi connectivity index (χ2v) is 6.07. The molecule has 0 bridgehead atoms. The van der Waals surface area contributed by atoms with Crippen molar-refractivity contribution in [2.24, 2.45) is 7.05 Å². The number of benzene rings is 1. The average Bonchev–Trinajstić information content (AvgIpc) is 3.13. The molecule has 0 radical (unpaired) electrons. The second-order valence-electron chi connectivity index (χ2n) is 6.07. The molecule has 4 heteroatoms. The first-order valence-electron chi connectivity index (χ1n) is 7.72. The van der Waals surface area contributed by atoms with E-state index in [1.807, 2.05) is 36.3 Å². The molecule has 1 aliphatic carbocycles. The topological polar surface area (TPSA) is 34.5 Å². The first-order valence-corrected chi connectivity index (χ1v) is 7.72. The molecular weight excluding hydrogens is 264 g/mol. The first kappa shape index (κ1) is 12.9. The fourth-order valence-electron chi connectivity index (χ4n) is 3.82. The summed E-state index contributed by atoms with van der Waals surface area (Å²) in [5.41, 5.74) is 1.93. The molecule has 2 atom stereocenters. The molecule has 2 aromatic rings. The monoisotopic (exact) mass is 284 g/mol. The Morgan fingerprint density at radius 2 is 2.19 bits per heavy atom. The van der Waals surface area contributed by atoms with E-state index >= 15 is 0 Å². The lowest BCUT2D eigenvalue weighted by Gasteiger charge is -2.37.